The second kappa shape index (κ2) is 4.71. The molecule has 0 saturated heterocycles. The van der Waals surface area contributed by atoms with Crippen LogP contribution in [0.4, 0.5) is 0 Å². The highest BCUT2D eigenvalue weighted by Gasteiger charge is 2.59. The van der Waals surface area contributed by atoms with Crippen LogP contribution in [0, 0.1) is 29.1 Å². The van der Waals surface area contributed by atoms with Gasteiger partial charge < -0.3 is 5.73 Å². The predicted octanol–water partition coefficient (Wildman–Crippen LogP) is 3.51. The average Bonchev–Trinajstić information content (AvgIpc) is 2.36. The Labute approximate surface area is 125 Å². The molecule has 1 unspecified atom stereocenters. The second-order valence-electron chi connectivity index (χ2n) is 9.15. The SMILES string of the molecule is CC(N(C)C1(CN)C2CC3CC(C2)CC1C3)C(C)(C)C. The van der Waals surface area contributed by atoms with E-state index < -0.39 is 0 Å². The van der Waals surface area contributed by atoms with Gasteiger partial charge in [-0.15, -0.1) is 0 Å². The van der Waals surface area contributed by atoms with Crippen molar-refractivity contribution in [2.45, 2.75) is 71.4 Å². The van der Waals surface area contributed by atoms with Gasteiger partial charge in [0.15, 0.2) is 0 Å². The number of nitrogens with two attached hydrogens (primary N) is 1. The van der Waals surface area contributed by atoms with Crippen LogP contribution in [0.15, 0.2) is 0 Å². The zero-order chi connectivity index (χ0) is 14.7. The Balaban J connectivity index is 1.91. The van der Waals surface area contributed by atoms with Crippen molar-refractivity contribution in [2.75, 3.05) is 13.6 Å². The largest absolute Gasteiger partial charge is 0.329 e. The first-order valence-electron chi connectivity index (χ1n) is 8.72. The lowest BCUT2D eigenvalue weighted by molar-refractivity contribution is -0.144. The molecule has 0 radical (unpaired) electrons. The standard InChI is InChI=1S/C18H34N2/c1-12(17(2,3)4)20(5)18(11-19)15-7-13-6-14(9-15)10-16(18)8-13/h12-16H,6-11,19H2,1-5H3. The summed E-state index contributed by atoms with van der Waals surface area (Å²) >= 11 is 0. The zero-order valence-electron chi connectivity index (χ0n) is 14.2. The van der Waals surface area contributed by atoms with E-state index in [9.17, 15) is 0 Å². The maximum atomic E-state index is 6.43. The lowest BCUT2D eigenvalue weighted by Crippen LogP contribution is -2.70. The molecule has 4 aliphatic carbocycles. The molecule has 0 aromatic carbocycles. The summed E-state index contributed by atoms with van der Waals surface area (Å²) in [5.74, 6) is 3.77. The zero-order valence-corrected chi connectivity index (χ0v) is 14.2. The van der Waals surface area contributed by atoms with Crippen molar-refractivity contribution >= 4 is 0 Å². The molecule has 1 atom stereocenters. The summed E-state index contributed by atoms with van der Waals surface area (Å²) in [6.45, 7) is 10.4. The normalized spacial score (nSPS) is 45.1. The molecule has 4 saturated carbocycles. The maximum absolute atomic E-state index is 6.43. The van der Waals surface area contributed by atoms with Crippen molar-refractivity contribution in [1.82, 2.24) is 4.90 Å². The van der Waals surface area contributed by atoms with Crippen molar-refractivity contribution in [3.8, 4) is 0 Å². The van der Waals surface area contributed by atoms with Gasteiger partial charge in [0.05, 0.1) is 0 Å². The van der Waals surface area contributed by atoms with Gasteiger partial charge in [-0.25, -0.2) is 0 Å². The first kappa shape index (κ1) is 14.8. The molecule has 0 aliphatic heterocycles. The second-order valence-corrected chi connectivity index (χ2v) is 9.15. The van der Waals surface area contributed by atoms with E-state index in [1.807, 2.05) is 0 Å². The number of hydrogen-bond acceptors (Lipinski definition) is 2. The van der Waals surface area contributed by atoms with Gasteiger partial charge in [-0.2, -0.15) is 0 Å². The van der Waals surface area contributed by atoms with Crippen LogP contribution in [0.2, 0.25) is 0 Å². The first-order chi connectivity index (χ1) is 9.29. The van der Waals surface area contributed by atoms with E-state index >= 15 is 0 Å². The fraction of sp³-hybridized carbons (Fsp3) is 1.00. The van der Waals surface area contributed by atoms with Gasteiger partial charge in [0.1, 0.15) is 0 Å². The van der Waals surface area contributed by atoms with Gasteiger partial charge in [0.2, 0.25) is 0 Å². The van der Waals surface area contributed by atoms with E-state index in [2.05, 4.69) is 39.6 Å². The van der Waals surface area contributed by atoms with E-state index in [-0.39, 0.29) is 0 Å². The highest BCUT2D eigenvalue weighted by Crippen LogP contribution is 2.60. The lowest BCUT2D eigenvalue weighted by atomic mass is 9.48. The Bertz CT molecular complexity index is 340. The number of rotatable bonds is 3. The Hall–Kier alpha value is -0.0800. The van der Waals surface area contributed by atoms with E-state index in [1.165, 1.54) is 32.1 Å². The van der Waals surface area contributed by atoms with Crippen LogP contribution in [0.1, 0.15) is 59.8 Å². The minimum Gasteiger partial charge on any atom is -0.329 e. The molecule has 4 bridgehead atoms. The summed E-state index contributed by atoms with van der Waals surface area (Å²) in [6, 6.07) is 0.587. The van der Waals surface area contributed by atoms with Crippen LogP contribution in [-0.2, 0) is 0 Å². The van der Waals surface area contributed by atoms with Crippen LogP contribution in [-0.4, -0.2) is 30.1 Å². The topological polar surface area (TPSA) is 29.3 Å². The van der Waals surface area contributed by atoms with Gasteiger partial charge >= 0.3 is 0 Å². The Morgan fingerprint density at radius 3 is 1.85 bits per heavy atom. The van der Waals surface area contributed by atoms with Crippen LogP contribution >= 0.6 is 0 Å². The smallest absolute Gasteiger partial charge is 0.0388 e. The average molecular weight is 278 g/mol. The Morgan fingerprint density at radius 1 is 1.05 bits per heavy atom. The van der Waals surface area contributed by atoms with Crippen molar-refractivity contribution in [3.05, 3.63) is 0 Å². The molecule has 116 valence electrons. The minimum atomic E-state index is 0.292. The van der Waals surface area contributed by atoms with Crippen LogP contribution < -0.4 is 5.73 Å². The van der Waals surface area contributed by atoms with E-state index in [0.29, 0.717) is 17.0 Å². The van der Waals surface area contributed by atoms with Gasteiger partial charge in [0, 0.05) is 18.1 Å². The Morgan fingerprint density at radius 2 is 1.50 bits per heavy atom. The molecule has 0 spiro atoms. The van der Waals surface area contributed by atoms with Gasteiger partial charge in [-0.1, -0.05) is 20.8 Å². The van der Waals surface area contributed by atoms with Gasteiger partial charge in [-0.05, 0) is 75.2 Å². The predicted molar refractivity (Wildman–Crippen MR) is 85.5 cm³/mol. The van der Waals surface area contributed by atoms with Crippen LogP contribution in [0.25, 0.3) is 0 Å². The maximum Gasteiger partial charge on any atom is 0.0388 e. The highest BCUT2D eigenvalue weighted by atomic mass is 15.2. The third-order valence-electron chi connectivity index (χ3n) is 7.37. The summed E-state index contributed by atoms with van der Waals surface area (Å²) in [5, 5.41) is 0. The molecule has 2 nitrogen and oxygen atoms in total. The van der Waals surface area contributed by atoms with Gasteiger partial charge in [0.25, 0.3) is 0 Å². The summed E-state index contributed by atoms with van der Waals surface area (Å²) < 4.78 is 0. The highest BCUT2D eigenvalue weighted by molar-refractivity contribution is 5.13. The number of likely N-dealkylation sites (N-methyl/N-ethyl adjacent to an activating group) is 1. The van der Waals surface area contributed by atoms with Crippen molar-refractivity contribution < 1.29 is 0 Å². The summed E-state index contributed by atoms with van der Waals surface area (Å²) in [7, 11) is 2.37. The molecule has 0 heterocycles. The fourth-order valence-corrected chi connectivity index (χ4v) is 6.00. The van der Waals surface area contributed by atoms with Crippen molar-refractivity contribution in [1.29, 1.82) is 0 Å². The number of nitrogens with zero attached hydrogens (tertiary/aromatic N) is 1. The monoisotopic (exact) mass is 278 g/mol. The molecular formula is C18H34N2. The van der Waals surface area contributed by atoms with E-state index in [4.69, 9.17) is 5.73 Å². The fourth-order valence-electron chi connectivity index (χ4n) is 6.00. The molecule has 4 aliphatic rings. The van der Waals surface area contributed by atoms with Gasteiger partial charge in [-0.3, -0.25) is 4.90 Å². The lowest BCUT2D eigenvalue weighted by Gasteiger charge is -2.65. The van der Waals surface area contributed by atoms with Crippen LogP contribution in [0.5, 0.6) is 0 Å². The van der Waals surface area contributed by atoms with Crippen molar-refractivity contribution in [2.24, 2.45) is 34.8 Å². The summed E-state index contributed by atoms with van der Waals surface area (Å²) in [5.41, 5.74) is 7.05. The van der Waals surface area contributed by atoms with E-state index in [1.54, 1.807) is 0 Å². The third kappa shape index (κ3) is 1.98. The molecule has 2 heteroatoms. The van der Waals surface area contributed by atoms with Crippen molar-refractivity contribution in [3.63, 3.8) is 0 Å². The molecule has 0 aromatic rings. The molecule has 0 amide bonds. The minimum absolute atomic E-state index is 0.292. The van der Waals surface area contributed by atoms with Crippen LogP contribution in [0.3, 0.4) is 0 Å². The number of hydrogen-bond donors (Lipinski definition) is 1. The first-order valence-corrected chi connectivity index (χ1v) is 8.72. The molecule has 20 heavy (non-hydrogen) atoms. The molecule has 4 fully saturated rings. The summed E-state index contributed by atoms with van der Waals surface area (Å²) in [4.78, 5) is 2.71. The molecule has 4 rings (SSSR count). The summed E-state index contributed by atoms with van der Waals surface area (Å²) in [6.07, 6.45) is 7.32. The third-order valence-corrected chi connectivity index (χ3v) is 7.37. The Kier molecular flexibility index (Phi) is 3.49. The molecule has 2 N–H and O–H groups in total. The molecule has 0 aromatic heterocycles. The quantitative estimate of drug-likeness (QED) is 0.856. The molecular weight excluding hydrogens is 244 g/mol. The van der Waals surface area contributed by atoms with E-state index in [0.717, 1.165) is 30.2 Å².